The first-order chi connectivity index (χ1) is 8.97. The second-order valence-electron chi connectivity index (χ2n) is 4.15. The Labute approximate surface area is 115 Å². The number of anilines is 2. The second-order valence-corrected chi connectivity index (χ2v) is 4.59. The molecular weight excluding hydrogens is 267 g/mol. The van der Waals surface area contributed by atoms with E-state index in [9.17, 15) is 9.18 Å². The van der Waals surface area contributed by atoms with Crippen molar-refractivity contribution in [2.24, 2.45) is 0 Å². The van der Waals surface area contributed by atoms with E-state index < -0.39 is 11.7 Å². The number of benzene rings is 2. The molecule has 0 aliphatic carbocycles. The molecule has 98 valence electrons. The van der Waals surface area contributed by atoms with Gasteiger partial charge in [0.2, 0.25) is 0 Å². The minimum atomic E-state index is -0.662. The van der Waals surface area contributed by atoms with Gasteiger partial charge in [0.25, 0.3) is 5.91 Å². The van der Waals surface area contributed by atoms with Crippen molar-refractivity contribution in [3.63, 3.8) is 0 Å². The highest BCUT2D eigenvalue weighted by atomic mass is 35.5. The molecule has 2 aromatic carbocycles. The van der Waals surface area contributed by atoms with Gasteiger partial charge in [-0.2, -0.15) is 0 Å². The van der Waals surface area contributed by atoms with Gasteiger partial charge in [0, 0.05) is 16.4 Å². The van der Waals surface area contributed by atoms with Crippen molar-refractivity contribution in [3.8, 4) is 0 Å². The van der Waals surface area contributed by atoms with Gasteiger partial charge < -0.3 is 11.1 Å². The van der Waals surface area contributed by atoms with Crippen molar-refractivity contribution in [2.75, 3.05) is 11.1 Å². The molecule has 0 spiro atoms. The lowest BCUT2D eigenvalue weighted by molar-refractivity contribution is 0.102. The van der Waals surface area contributed by atoms with Crippen LogP contribution in [-0.4, -0.2) is 5.91 Å². The Morgan fingerprint density at radius 2 is 2.00 bits per heavy atom. The van der Waals surface area contributed by atoms with E-state index in [1.807, 2.05) is 6.92 Å². The van der Waals surface area contributed by atoms with Crippen LogP contribution in [0.4, 0.5) is 15.8 Å². The highest BCUT2D eigenvalue weighted by Crippen LogP contribution is 2.19. The Morgan fingerprint density at radius 1 is 1.26 bits per heavy atom. The predicted molar refractivity (Wildman–Crippen MR) is 75.0 cm³/mol. The number of carbonyl (C=O) groups excluding carboxylic acids is 1. The molecule has 0 aliphatic rings. The van der Waals surface area contributed by atoms with Gasteiger partial charge in [-0.15, -0.1) is 0 Å². The lowest BCUT2D eigenvalue weighted by Crippen LogP contribution is -2.14. The van der Waals surface area contributed by atoms with E-state index in [2.05, 4.69) is 5.32 Å². The van der Waals surface area contributed by atoms with Gasteiger partial charge in [0.15, 0.2) is 0 Å². The average Bonchev–Trinajstić information content (AvgIpc) is 2.33. The maximum atomic E-state index is 13.6. The minimum absolute atomic E-state index is 0.0662. The molecule has 0 bridgehead atoms. The van der Waals surface area contributed by atoms with Crippen LogP contribution in [0, 0.1) is 12.7 Å². The van der Waals surface area contributed by atoms with Crippen LogP contribution in [0.25, 0.3) is 0 Å². The number of nitrogens with one attached hydrogen (secondary N) is 1. The van der Waals surface area contributed by atoms with Gasteiger partial charge in [-0.25, -0.2) is 4.39 Å². The zero-order valence-corrected chi connectivity index (χ0v) is 11.0. The number of carbonyl (C=O) groups is 1. The lowest BCUT2D eigenvalue weighted by Gasteiger charge is -2.08. The first kappa shape index (κ1) is 13.4. The van der Waals surface area contributed by atoms with E-state index >= 15 is 0 Å². The first-order valence-corrected chi connectivity index (χ1v) is 5.97. The standard InChI is InChI=1S/C14H12ClFN2O/c1-8-2-4-10(7-13(8)17)18-14(19)11-5-3-9(15)6-12(11)16/h2-7H,17H2,1H3,(H,18,19). The van der Waals surface area contributed by atoms with Crippen LogP contribution < -0.4 is 11.1 Å². The third kappa shape index (κ3) is 3.03. The molecule has 0 saturated carbocycles. The minimum Gasteiger partial charge on any atom is -0.398 e. The Morgan fingerprint density at radius 3 is 2.63 bits per heavy atom. The molecule has 1 amide bonds. The van der Waals surface area contributed by atoms with E-state index in [4.69, 9.17) is 17.3 Å². The fourth-order valence-corrected chi connectivity index (χ4v) is 1.75. The number of hydrogen-bond acceptors (Lipinski definition) is 2. The van der Waals surface area contributed by atoms with E-state index in [0.29, 0.717) is 11.4 Å². The average molecular weight is 279 g/mol. The molecule has 0 fully saturated rings. The van der Waals surface area contributed by atoms with Gasteiger partial charge >= 0.3 is 0 Å². The number of nitrogens with two attached hydrogens (primary N) is 1. The maximum Gasteiger partial charge on any atom is 0.258 e. The van der Waals surface area contributed by atoms with Crippen molar-refractivity contribution in [1.29, 1.82) is 0 Å². The fourth-order valence-electron chi connectivity index (χ4n) is 1.59. The SMILES string of the molecule is Cc1ccc(NC(=O)c2ccc(Cl)cc2F)cc1N. The van der Waals surface area contributed by atoms with E-state index in [-0.39, 0.29) is 10.6 Å². The van der Waals surface area contributed by atoms with E-state index in [0.717, 1.165) is 11.6 Å². The van der Waals surface area contributed by atoms with E-state index in [1.165, 1.54) is 12.1 Å². The van der Waals surface area contributed by atoms with Crippen LogP contribution in [0.15, 0.2) is 36.4 Å². The Hall–Kier alpha value is -2.07. The van der Waals surface area contributed by atoms with Crippen molar-refractivity contribution in [3.05, 3.63) is 58.4 Å². The maximum absolute atomic E-state index is 13.6. The summed E-state index contributed by atoms with van der Waals surface area (Å²) in [6.45, 7) is 1.86. The highest BCUT2D eigenvalue weighted by Gasteiger charge is 2.12. The number of nitrogen functional groups attached to an aromatic ring is 1. The summed E-state index contributed by atoms with van der Waals surface area (Å²) in [5.74, 6) is -1.21. The van der Waals surface area contributed by atoms with Gasteiger partial charge in [0.1, 0.15) is 5.82 Å². The number of amides is 1. The third-order valence-corrected chi connectivity index (χ3v) is 2.95. The summed E-state index contributed by atoms with van der Waals surface area (Å²) in [5.41, 5.74) is 7.67. The van der Waals surface area contributed by atoms with Crippen LogP contribution in [-0.2, 0) is 0 Å². The van der Waals surface area contributed by atoms with Gasteiger partial charge in [-0.1, -0.05) is 17.7 Å². The number of hydrogen-bond donors (Lipinski definition) is 2. The van der Waals surface area contributed by atoms with Crippen LogP contribution in [0.1, 0.15) is 15.9 Å². The van der Waals surface area contributed by atoms with Gasteiger partial charge in [0.05, 0.1) is 5.56 Å². The molecule has 0 saturated heterocycles. The topological polar surface area (TPSA) is 55.1 Å². The highest BCUT2D eigenvalue weighted by molar-refractivity contribution is 6.30. The zero-order chi connectivity index (χ0) is 14.0. The van der Waals surface area contributed by atoms with Gasteiger partial charge in [-0.05, 0) is 42.8 Å². The van der Waals surface area contributed by atoms with Crippen LogP contribution >= 0.6 is 11.6 Å². The fraction of sp³-hybridized carbons (Fsp3) is 0.0714. The van der Waals surface area contributed by atoms with Crippen molar-refractivity contribution < 1.29 is 9.18 Å². The molecule has 5 heteroatoms. The van der Waals surface area contributed by atoms with Crippen LogP contribution in [0.5, 0.6) is 0 Å². The molecule has 0 aromatic heterocycles. The van der Waals surface area contributed by atoms with Crippen molar-refractivity contribution >= 4 is 28.9 Å². The summed E-state index contributed by atoms with van der Waals surface area (Å²) in [6, 6.07) is 9.01. The molecule has 0 radical (unpaired) electrons. The summed E-state index contributed by atoms with van der Waals surface area (Å²) in [6.07, 6.45) is 0. The molecule has 0 aliphatic heterocycles. The summed E-state index contributed by atoms with van der Waals surface area (Å²) in [5, 5.41) is 2.83. The Bertz CT molecular complexity index is 643. The number of halogens is 2. The predicted octanol–water partition coefficient (Wildman–Crippen LogP) is 3.62. The smallest absolute Gasteiger partial charge is 0.258 e. The Balaban J connectivity index is 2.23. The quantitative estimate of drug-likeness (QED) is 0.824. The molecule has 2 rings (SSSR count). The van der Waals surface area contributed by atoms with Crippen molar-refractivity contribution in [2.45, 2.75) is 6.92 Å². The number of aryl methyl sites for hydroxylation is 1. The summed E-state index contributed by atoms with van der Waals surface area (Å²) in [4.78, 5) is 11.9. The Kier molecular flexibility index (Phi) is 3.71. The van der Waals surface area contributed by atoms with Gasteiger partial charge in [-0.3, -0.25) is 4.79 Å². The summed E-state index contributed by atoms with van der Waals surface area (Å²) >= 11 is 5.63. The normalized spacial score (nSPS) is 10.3. The molecule has 3 N–H and O–H groups in total. The molecule has 0 heterocycles. The molecule has 0 atom stereocenters. The summed E-state index contributed by atoms with van der Waals surface area (Å²) in [7, 11) is 0. The zero-order valence-electron chi connectivity index (χ0n) is 10.2. The van der Waals surface area contributed by atoms with Crippen molar-refractivity contribution in [1.82, 2.24) is 0 Å². The van der Waals surface area contributed by atoms with Crippen LogP contribution in [0.2, 0.25) is 5.02 Å². The molecule has 3 nitrogen and oxygen atoms in total. The molecule has 0 unspecified atom stereocenters. The first-order valence-electron chi connectivity index (χ1n) is 5.60. The number of rotatable bonds is 2. The summed E-state index contributed by atoms with van der Waals surface area (Å²) < 4.78 is 13.6. The molecule has 2 aromatic rings. The molecular formula is C14H12ClFN2O. The lowest BCUT2D eigenvalue weighted by atomic mass is 10.1. The monoisotopic (exact) mass is 278 g/mol. The molecule has 19 heavy (non-hydrogen) atoms. The third-order valence-electron chi connectivity index (χ3n) is 2.71. The van der Waals surface area contributed by atoms with E-state index in [1.54, 1.807) is 18.2 Å². The largest absolute Gasteiger partial charge is 0.398 e. The second kappa shape index (κ2) is 5.28. The van der Waals surface area contributed by atoms with Crippen LogP contribution in [0.3, 0.4) is 0 Å².